The Hall–Kier alpha value is -3.80. The van der Waals surface area contributed by atoms with Crippen molar-refractivity contribution in [1.82, 2.24) is 5.43 Å². The molecule has 3 aromatic rings. The maximum Gasteiger partial charge on any atom is 0.271 e. The van der Waals surface area contributed by atoms with Crippen molar-refractivity contribution in [3.8, 4) is 17.2 Å². The van der Waals surface area contributed by atoms with E-state index in [1.165, 1.54) is 11.8 Å². The Labute approximate surface area is 194 Å². The number of aromatic hydroxyl groups is 1. The van der Waals surface area contributed by atoms with Gasteiger partial charge in [-0.3, -0.25) is 4.79 Å². The van der Waals surface area contributed by atoms with Crippen LogP contribution in [0.4, 0.5) is 0 Å². The molecule has 6 nitrogen and oxygen atoms in total. The average molecular weight is 447 g/mol. The third-order valence-electron chi connectivity index (χ3n) is 5.10. The first kappa shape index (κ1) is 23.9. The highest BCUT2D eigenvalue weighted by atomic mass is 16.5. The number of rotatable bonds is 9. The normalized spacial score (nSPS) is 11.1. The predicted octanol–water partition coefficient (Wildman–Crippen LogP) is 5.57. The summed E-state index contributed by atoms with van der Waals surface area (Å²) in [6.07, 6.45) is 1.38. The molecule has 0 radical (unpaired) electrons. The van der Waals surface area contributed by atoms with Crippen LogP contribution < -0.4 is 14.9 Å². The molecule has 0 spiro atoms. The van der Waals surface area contributed by atoms with Crippen molar-refractivity contribution in [2.45, 2.75) is 40.2 Å². The van der Waals surface area contributed by atoms with E-state index < -0.39 is 0 Å². The topological polar surface area (TPSA) is 80.2 Å². The van der Waals surface area contributed by atoms with Gasteiger partial charge in [-0.25, -0.2) is 5.43 Å². The van der Waals surface area contributed by atoms with Crippen LogP contribution in [0.25, 0.3) is 0 Å². The van der Waals surface area contributed by atoms with Gasteiger partial charge in [0.2, 0.25) is 0 Å². The highest BCUT2D eigenvalue weighted by molar-refractivity contribution is 5.95. The third-order valence-corrected chi connectivity index (χ3v) is 5.10. The van der Waals surface area contributed by atoms with Gasteiger partial charge in [0, 0.05) is 11.1 Å². The molecule has 3 aromatic carbocycles. The number of nitrogens with zero attached hydrogens (tertiary/aromatic N) is 1. The fraction of sp³-hybridized carbons (Fsp3) is 0.259. The number of ether oxygens (including phenoxy) is 2. The van der Waals surface area contributed by atoms with E-state index in [4.69, 9.17) is 9.47 Å². The van der Waals surface area contributed by atoms with E-state index in [9.17, 15) is 9.90 Å². The number of phenolic OH excluding ortho intramolecular Hbond substituents is 1. The summed E-state index contributed by atoms with van der Waals surface area (Å²) in [5, 5.41) is 14.1. The summed E-state index contributed by atoms with van der Waals surface area (Å²) in [7, 11) is 0. The predicted molar refractivity (Wildman–Crippen MR) is 130 cm³/mol. The zero-order valence-electron chi connectivity index (χ0n) is 19.5. The summed E-state index contributed by atoms with van der Waals surface area (Å²) in [6, 6.07) is 18.5. The van der Waals surface area contributed by atoms with Gasteiger partial charge in [-0.2, -0.15) is 5.10 Å². The molecule has 0 saturated carbocycles. The molecule has 0 aliphatic heterocycles. The fourth-order valence-electron chi connectivity index (χ4n) is 3.30. The van der Waals surface area contributed by atoms with Gasteiger partial charge in [0.15, 0.2) is 11.5 Å². The average Bonchev–Trinajstić information content (AvgIpc) is 2.80. The minimum Gasteiger partial charge on any atom is -0.504 e. The first-order valence-corrected chi connectivity index (χ1v) is 11.0. The molecule has 172 valence electrons. The summed E-state index contributed by atoms with van der Waals surface area (Å²) in [5.41, 5.74) is 6.69. The van der Waals surface area contributed by atoms with E-state index in [1.54, 1.807) is 30.3 Å². The van der Waals surface area contributed by atoms with Crippen molar-refractivity contribution < 1.29 is 19.4 Å². The van der Waals surface area contributed by atoms with Crippen LogP contribution in [0.15, 0.2) is 65.8 Å². The Kier molecular flexibility index (Phi) is 8.08. The number of benzene rings is 3. The molecule has 0 saturated heterocycles. The molecule has 6 heteroatoms. The molecule has 0 aliphatic carbocycles. The van der Waals surface area contributed by atoms with Crippen LogP contribution in [0.1, 0.15) is 59.3 Å². The number of phenols is 1. The standard InChI is InChI=1S/C27H30N2O4/c1-5-32-24-8-6-7-22(26(24)30)16-28-29-27(31)21-12-10-20(11-13-21)17-33-25-15-19(4)9-14-23(25)18(2)3/h6-16,18,30H,5,17H2,1-4H3,(H,29,31)/b28-16-. The maximum atomic E-state index is 12.4. The molecule has 0 bridgehead atoms. The number of nitrogens with one attached hydrogen (secondary N) is 1. The lowest BCUT2D eigenvalue weighted by Gasteiger charge is -2.15. The first-order valence-electron chi connectivity index (χ1n) is 11.0. The van der Waals surface area contributed by atoms with Crippen LogP contribution in [0.2, 0.25) is 0 Å². The van der Waals surface area contributed by atoms with Gasteiger partial charge in [-0.15, -0.1) is 0 Å². The summed E-state index contributed by atoms with van der Waals surface area (Å²) in [5.74, 6) is 1.27. The Morgan fingerprint density at radius 1 is 1.06 bits per heavy atom. The van der Waals surface area contributed by atoms with E-state index in [1.807, 2.05) is 26.0 Å². The molecule has 1 amide bonds. The molecule has 0 aromatic heterocycles. The van der Waals surface area contributed by atoms with E-state index in [0.717, 1.165) is 16.9 Å². The van der Waals surface area contributed by atoms with Crippen molar-refractivity contribution in [3.63, 3.8) is 0 Å². The van der Waals surface area contributed by atoms with Gasteiger partial charge in [0.25, 0.3) is 5.91 Å². The van der Waals surface area contributed by atoms with E-state index in [2.05, 4.69) is 42.6 Å². The van der Waals surface area contributed by atoms with Gasteiger partial charge in [-0.1, -0.05) is 44.2 Å². The molecule has 0 fully saturated rings. The smallest absolute Gasteiger partial charge is 0.271 e. The lowest BCUT2D eigenvalue weighted by molar-refractivity contribution is 0.0955. The monoisotopic (exact) mass is 446 g/mol. The van der Waals surface area contributed by atoms with Crippen LogP contribution in [-0.2, 0) is 6.61 Å². The van der Waals surface area contributed by atoms with E-state index >= 15 is 0 Å². The number of aryl methyl sites for hydroxylation is 1. The van der Waals surface area contributed by atoms with Gasteiger partial charge in [0.05, 0.1) is 12.8 Å². The highest BCUT2D eigenvalue weighted by Gasteiger charge is 2.10. The van der Waals surface area contributed by atoms with Gasteiger partial charge >= 0.3 is 0 Å². The van der Waals surface area contributed by atoms with Crippen molar-refractivity contribution in [2.24, 2.45) is 5.10 Å². The summed E-state index contributed by atoms with van der Waals surface area (Å²) < 4.78 is 11.4. The number of hydrogen-bond donors (Lipinski definition) is 2. The summed E-state index contributed by atoms with van der Waals surface area (Å²) in [4.78, 5) is 12.4. The lowest BCUT2D eigenvalue weighted by atomic mass is 10.0. The molecule has 0 heterocycles. The van der Waals surface area contributed by atoms with Crippen molar-refractivity contribution in [3.05, 3.63) is 88.5 Å². The second-order valence-electron chi connectivity index (χ2n) is 8.01. The van der Waals surface area contributed by atoms with E-state index in [-0.39, 0.29) is 11.7 Å². The number of para-hydroxylation sites is 1. The third kappa shape index (κ3) is 6.35. The van der Waals surface area contributed by atoms with Crippen molar-refractivity contribution in [1.29, 1.82) is 0 Å². The molecule has 0 unspecified atom stereocenters. The Morgan fingerprint density at radius 3 is 2.52 bits per heavy atom. The van der Waals surface area contributed by atoms with Crippen molar-refractivity contribution in [2.75, 3.05) is 6.61 Å². The van der Waals surface area contributed by atoms with Crippen LogP contribution in [0, 0.1) is 6.92 Å². The van der Waals surface area contributed by atoms with Crippen LogP contribution in [-0.4, -0.2) is 23.8 Å². The van der Waals surface area contributed by atoms with Crippen LogP contribution in [0.5, 0.6) is 17.2 Å². The second kappa shape index (κ2) is 11.2. The van der Waals surface area contributed by atoms with Gasteiger partial charge in [0.1, 0.15) is 12.4 Å². The lowest BCUT2D eigenvalue weighted by Crippen LogP contribution is -2.17. The molecular weight excluding hydrogens is 416 g/mol. The largest absolute Gasteiger partial charge is 0.504 e. The van der Waals surface area contributed by atoms with Crippen LogP contribution in [0.3, 0.4) is 0 Å². The first-order chi connectivity index (χ1) is 15.9. The zero-order valence-corrected chi connectivity index (χ0v) is 19.5. The summed E-state index contributed by atoms with van der Waals surface area (Å²) in [6.45, 7) is 9.02. The Morgan fingerprint density at radius 2 is 1.82 bits per heavy atom. The maximum absolute atomic E-state index is 12.4. The molecule has 33 heavy (non-hydrogen) atoms. The minimum absolute atomic E-state index is 0.0177. The molecular formula is C27H30N2O4. The fourth-order valence-corrected chi connectivity index (χ4v) is 3.30. The molecule has 0 aliphatic rings. The highest BCUT2D eigenvalue weighted by Crippen LogP contribution is 2.29. The molecule has 0 atom stereocenters. The summed E-state index contributed by atoms with van der Waals surface area (Å²) >= 11 is 0. The number of carbonyl (C=O) groups is 1. The number of hydrogen-bond acceptors (Lipinski definition) is 5. The number of carbonyl (C=O) groups excluding carboxylic acids is 1. The Balaban J connectivity index is 1.59. The van der Waals surface area contributed by atoms with Gasteiger partial charge < -0.3 is 14.6 Å². The SMILES string of the molecule is CCOc1cccc(/C=N\NC(=O)c2ccc(COc3cc(C)ccc3C(C)C)cc2)c1O. The second-order valence-corrected chi connectivity index (χ2v) is 8.01. The van der Waals surface area contributed by atoms with Gasteiger partial charge in [-0.05, 0) is 66.8 Å². The number of amides is 1. The molecule has 3 rings (SSSR count). The Bertz CT molecular complexity index is 1120. The van der Waals surface area contributed by atoms with Crippen LogP contribution >= 0.6 is 0 Å². The quantitative estimate of drug-likeness (QED) is 0.333. The number of hydrazone groups is 1. The zero-order chi connectivity index (χ0) is 23.8. The van der Waals surface area contributed by atoms with E-state index in [0.29, 0.717) is 36.0 Å². The minimum atomic E-state index is -0.347. The molecule has 2 N–H and O–H groups in total. The van der Waals surface area contributed by atoms with Crippen molar-refractivity contribution >= 4 is 12.1 Å².